The Morgan fingerprint density at radius 2 is 1.83 bits per heavy atom. The van der Waals surface area contributed by atoms with E-state index in [1.54, 1.807) is 28.0 Å². The number of nitrogens with zero attached hydrogens (tertiary/aromatic N) is 5. The molecule has 0 radical (unpaired) electrons. The lowest BCUT2D eigenvalue weighted by molar-refractivity contribution is -0.128. The Hall–Kier alpha value is -4.07. The van der Waals surface area contributed by atoms with Gasteiger partial charge in [-0.1, -0.05) is 36.4 Å². The summed E-state index contributed by atoms with van der Waals surface area (Å²) < 4.78 is 1.57. The Morgan fingerprint density at radius 3 is 2.53 bits per heavy atom. The van der Waals surface area contributed by atoms with Crippen LogP contribution in [0.15, 0.2) is 67.0 Å². The van der Waals surface area contributed by atoms with E-state index in [0.717, 1.165) is 23.1 Å². The number of aromatic nitrogens is 4. The lowest BCUT2D eigenvalue weighted by atomic mass is 9.98. The quantitative estimate of drug-likeness (QED) is 0.397. The molecule has 1 N–H and O–H groups in total. The molecule has 8 heteroatoms. The van der Waals surface area contributed by atoms with Gasteiger partial charge in [0.2, 0.25) is 11.8 Å². The molecule has 8 nitrogen and oxygen atoms in total. The molecular weight excluding hydrogens is 452 g/mol. The highest BCUT2D eigenvalue weighted by Gasteiger charge is 2.35. The van der Waals surface area contributed by atoms with Crippen molar-refractivity contribution in [2.24, 2.45) is 0 Å². The summed E-state index contributed by atoms with van der Waals surface area (Å²) in [6, 6.07) is 15.9. The largest absolute Gasteiger partial charge is 0.349 e. The van der Waals surface area contributed by atoms with E-state index in [2.05, 4.69) is 20.6 Å². The molecule has 0 saturated carbocycles. The standard InChI is InChI=1S/C28H32N6O2/c1-6-28(4,5)30-27(36)26(21-10-9-15-29-17-21)34(22-14-13-19(2)20(3)16-22)25(35)18-33-24-12-8-7-11-23(24)31-32-33/h7-17,26H,6,18H2,1-5H3,(H,30,36). The number of rotatable bonds is 8. The number of anilines is 1. The van der Waals surface area contributed by atoms with Crippen LogP contribution in [0.2, 0.25) is 0 Å². The monoisotopic (exact) mass is 484 g/mol. The van der Waals surface area contributed by atoms with Crippen molar-refractivity contribution in [1.29, 1.82) is 0 Å². The lowest BCUT2D eigenvalue weighted by Gasteiger charge is -2.34. The maximum absolute atomic E-state index is 14.0. The van der Waals surface area contributed by atoms with Gasteiger partial charge in [0.1, 0.15) is 18.1 Å². The molecule has 2 amide bonds. The van der Waals surface area contributed by atoms with Crippen molar-refractivity contribution in [3.63, 3.8) is 0 Å². The molecule has 0 aliphatic rings. The number of carbonyl (C=O) groups excluding carboxylic acids is 2. The highest BCUT2D eigenvalue weighted by molar-refractivity contribution is 6.01. The maximum Gasteiger partial charge on any atom is 0.249 e. The predicted octanol–water partition coefficient (Wildman–Crippen LogP) is 4.52. The van der Waals surface area contributed by atoms with E-state index < -0.39 is 11.6 Å². The van der Waals surface area contributed by atoms with Gasteiger partial charge in [-0.3, -0.25) is 19.5 Å². The Labute approximate surface area is 211 Å². The van der Waals surface area contributed by atoms with Gasteiger partial charge < -0.3 is 5.32 Å². The van der Waals surface area contributed by atoms with Crippen molar-refractivity contribution in [3.05, 3.63) is 83.7 Å². The van der Waals surface area contributed by atoms with Gasteiger partial charge in [0, 0.05) is 29.2 Å². The first-order chi connectivity index (χ1) is 17.2. The third-order valence-corrected chi connectivity index (χ3v) is 6.59. The summed E-state index contributed by atoms with van der Waals surface area (Å²) in [5, 5.41) is 11.5. The van der Waals surface area contributed by atoms with E-state index in [1.165, 1.54) is 0 Å². The first-order valence-electron chi connectivity index (χ1n) is 12.1. The van der Waals surface area contributed by atoms with Crippen LogP contribution in [0.3, 0.4) is 0 Å². The van der Waals surface area contributed by atoms with E-state index >= 15 is 0 Å². The molecule has 0 aliphatic heterocycles. The second-order valence-electron chi connectivity index (χ2n) is 9.68. The van der Waals surface area contributed by atoms with E-state index in [9.17, 15) is 9.59 Å². The van der Waals surface area contributed by atoms with Gasteiger partial charge in [-0.25, -0.2) is 4.68 Å². The van der Waals surface area contributed by atoms with Gasteiger partial charge >= 0.3 is 0 Å². The molecule has 0 aliphatic carbocycles. The molecular formula is C28H32N6O2. The van der Waals surface area contributed by atoms with Crippen LogP contribution in [0.25, 0.3) is 11.0 Å². The number of nitrogens with one attached hydrogen (secondary N) is 1. The first-order valence-corrected chi connectivity index (χ1v) is 12.1. The van der Waals surface area contributed by atoms with E-state index in [4.69, 9.17) is 0 Å². The van der Waals surface area contributed by atoms with Crippen molar-refractivity contribution < 1.29 is 9.59 Å². The minimum absolute atomic E-state index is 0.0748. The summed E-state index contributed by atoms with van der Waals surface area (Å²) in [6.07, 6.45) is 4.02. The summed E-state index contributed by atoms with van der Waals surface area (Å²) in [5.74, 6) is -0.558. The fourth-order valence-electron chi connectivity index (χ4n) is 4.00. The molecule has 2 heterocycles. The molecule has 186 valence electrons. The second-order valence-corrected chi connectivity index (χ2v) is 9.68. The average molecular weight is 485 g/mol. The minimum Gasteiger partial charge on any atom is -0.349 e. The number of carbonyl (C=O) groups is 2. The number of benzene rings is 2. The first kappa shape index (κ1) is 25.0. The molecule has 1 unspecified atom stereocenters. The van der Waals surface area contributed by atoms with Crippen LogP contribution < -0.4 is 10.2 Å². The highest BCUT2D eigenvalue weighted by Crippen LogP contribution is 2.30. The molecule has 4 rings (SSSR count). The van der Waals surface area contributed by atoms with Crippen molar-refractivity contribution in [3.8, 4) is 0 Å². The minimum atomic E-state index is -0.922. The van der Waals surface area contributed by atoms with E-state index in [1.807, 2.05) is 83.1 Å². The molecule has 4 aromatic rings. The third kappa shape index (κ3) is 5.27. The molecule has 36 heavy (non-hydrogen) atoms. The summed E-state index contributed by atoms with van der Waals surface area (Å²) >= 11 is 0. The third-order valence-electron chi connectivity index (χ3n) is 6.59. The summed E-state index contributed by atoms with van der Waals surface area (Å²) in [4.78, 5) is 33.7. The van der Waals surface area contributed by atoms with Gasteiger partial charge in [0.05, 0.1) is 5.52 Å². The smallest absolute Gasteiger partial charge is 0.249 e. The van der Waals surface area contributed by atoms with Crippen molar-refractivity contribution in [2.45, 2.75) is 59.2 Å². The fourth-order valence-corrected chi connectivity index (χ4v) is 4.00. The fraction of sp³-hybridized carbons (Fsp3) is 0.321. The van der Waals surface area contributed by atoms with Crippen LogP contribution in [0, 0.1) is 13.8 Å². The normalized spacial score (nSPS) is 12.4. The summed E-state index contributed by atoms with van der Waals surface area (Å²) in [6.45, 7) is 9.88. The highest BCUT2D eigenvalue weighted by atomic mass is 16.2. The summed E-state index contributed by atoms with van der Waals surface area (Å²) in [5.41, 5.74) is 4.38. The van der Waals surface area contributed by atoms with Crippen LogP contribution in [-0.4, -0.2) is 37.3 Å². The van der Waals surface area contributed by atoms with E-state index in [0.29, 0.717) is 16.8 Å². The van der Waals surface area contributed by atoms with Gasteiger partial charge in [-0.2, -0.15) is 0 Å². The topological polar surface area (TPSA) is 93.0 Å². The molecule has 0 bridgehead atoms. The molecule has 0 spiro atoms. The summed E-state index contributed by atoms with van der Waals surface area (Å²) in [7, 11) is 0. The number of aryl methyl sites for hydroxylation is 2. The van der Waals surface area contributed by atoms with Crippen molar-refractivity contribution in [1.82, 2.24) is 25.3 Å². The molecule has 0 saturated heterocycles. The Balaban J connectivity index is 1.82. The Bertz CT molecular complexity index is 1380. The van der Waals surface area contributed by atoms with Crippen molar-refractivity contribution >= 4 is 28.5 Å². The average Bonchev–Trinajstić information content (AvgIpc) is 3.27. The van der Waals surface area contributed by atoms with Crippen LogP contribution in [0.1, 0.15) is 49.9 Å². The zero-order chi connectivity index (χ0) is 25.9. The maximum atomic E-state index is 14.0. The number of hydrogen-bond acceptors (Lipinski definition) is 5. The predicted molar refractivity (Wildman–Crippen MR) is 140 cm³/mol. The van der Waals surface area contributed by atoms with Gasteiger partial charge in [0.25, 0.3) is 0 Å². The van der Waals surface area contributed by atoms with Crippen LogP contribution in [0.5, 0.6) is 0 Å². The van der Waals surface area contributed by atoms with Gasteiger partial charge in [0.15, 0.2) is 0 Å². The zero-order valence-electron chi connectivity index (χ0n) is 21.4. The Morgan fingerprint density at radius 1 is 1.06 bits per heavy atom. The van der Waals surface area contributed by atoms with Crippen LogP contribution in [0.4, 0.5) is 5.69 Å². The number of amides is 2. The second kappa shape index (κ2) is 10.3. The molecule has 2 aromatic carbocycles. The van der Waals surface area contributed by atoms with Gasteiger partial charge in [-0.15, -0.1) is 5.10 Å². The van der Waals surface area contributed by atoms with Crippen molar-refractivity contribution in [2.75, 3.05) is 4.90 Å². The van der Waals surface area contributed by atoms with Gasteiger partial charge in [-0.05, 0) is 75.6 Å². The van der Waals surface area contributed by atoms with Crippen LogP contribution >= 0.6 is 0 Å². The number of hydrogen-bond donors (Lipinski definition) is 1. The molecule has 2 aromatic heterocycles. The lowest BCUT2D eigenvalue weighted by Crippen LogP contribution is -2.51. The van der Waals surface area contributed by atoms with E-state index in [-0.39, 0.29) is 18.4 Å². The van der Waals surface area contributed by atoms with Crippen LogP contribution in [-0.2, 0) is 16.1 Å². The molecule has 0 fully saturated rings. The molecule has 1 atom stereocenters. The number of fused-ring (bicyclic) bond motifs is 1. The number of para-hydroxylation sites is 1. The SMILES string of the molecule is CCC(C)(C)NC(=O)C(c1cccnc1)N(C(=O)Cn1nnc2ccccc21)c1ccc(C)c(C)c1. The number of pyridine rings is 1. The zero-order valence-corrected chi connectivity index (χ0v) is 21.4. The Kier molecular flexibility index (Phi) is 7.15.